The fourth-order valence-electron chi connectivity index (χ4n) is 3.50. The van der Waals surface area contributed by atoms with Crippen LogP contribution in [-0.4, -0.2) is 55.6 Å². The van der Waals surface area contributed by atoms with Crippen LogP contribution in [0.5, 0.6) is 0 Å². The maximum absolute atomic E-state index is 12.7. The van der Waals surface area contributed by atoms with Crippen molar-refractivity contribution < 1.29 is 4.79 Å². The highest BCUT2D eigenvalue weighted by Crippen LogP contribution is 2.21. The van der Waals surface area contributed by atoms with Crippen LogP contribution in [0.2, 0.25) is 0 Å². The van der Waals surface area contributed by atoms with E-state index in [2.05, 4.69) is 37.9 Å². The molecule has 1 N–H and O–H groups in total. The number of rotatable bonds is 5. The third-order valence-corrected chi connectivity index (χ3v) is 6.05. The molecule has 1 aromatic heterocycles. The zero-order valence-electron chi connectivity index (χ0n) is 16.6. The fraction of sp³-hybridized carbons (Fsp3) is 0.333. The SMILES string of the molecule is Cc1cc(CN2CCSCC2)ccc1NC(=O)c1ccc(-n2cnnn2)c(C)c1. The summed E-state index contributed by atoms with van der Waals surface area (Å²) in [6.07, 6.45) is 1.54. The second-order valence-electron chi connectivity index (χ2n) is 7.25. The van der Waals surface area contributed by atoms with Crippen molar-refractivity contribution in [2.24, 2.45) is 0 Å². The maximum Gasteiger partial charge on any atom is 0.255 e. The fourth-order valence-corrected chi connectivity index (χ4v) is 4.48. The van der Waals surface area contributed by atoms with Crippen molar-refractivity contribution in [1.82, 2.24) is 25.1 Å². The Kier molecular flexibility index (Phi) is 5.92. The summed E-state index contributed by atoms with van der Waals surface area (Å²) in [4.78, 5) is 15.2. The van der Waals surface area contributed by atoms with Gasteiger partial charge in [0.05, 0.1) is 5.69 Å². The van der Waals surface area contributed by atoms with Crippen LogP contribution in [0.4, 0.5) is 5.69 Å². The molecule has 1 aliphatic heterocycles. The molecule has 2 aromatic carbocycles. The number of amides is 1. The lowest BCUT2D eigenvalue weighted by atomic mass is 10.1. The van der Waals surface area contributed by atoms with E-state index in [0.29, 0.717) is 5.56 Å². The van der Waals surface area contributed by atoms with E-state index in [4.69, 9.17) is 0 Å². The zero-order chi connectivity index (χ0) is 20.2. The van der Waals surface area contributed by atoms with Crippen LogP contribution in [0.3, 0.4) is 0 Å². The first-order chi connectivity index (χ1) is 14.1. The molecule has 1 amide bonds. The van der Waals surface area contributed by atoms with Crippen LogP contribution >= 0.6 is 11.8 Å². The van der Waals surface area contributed by atoms with Crippen LogP contribution < -0.4 is 5.32 Å². The van der Waals surface area contributed by atoms with Gasteiger partial charge >= 0.3 is 0 Å². The number of tetrazole rings is 1. The van der Waals surface area contributed by atoms with Crippen molar-refractivity contribution in [3.05, 3.63) is 65.0 Å². The zero-order valence-corrected chi connectivity index (χ0v) is 17.4. The van der Waals surface area contributed by atoms with E-state index in [0.717, 1.165) is 42.1 Å². The Morgan fingerprint density at radius 1 is 1.10 bits per heavy atom. The Labute approximate surface area is 174 Å². The Morgan fingerprint density at radius 3 is 2.62 bits per heavy atom. The summed E-state index contributed by atoms with van der Waals surface area (Å²) >= 11 is 2.02. The summed E-state index contributed by atoms with van der Waals surface area (Å²) < 4.78 is 1.58. The lowest BCUT2D eigenvalue weighted by molar-refractivity contribution is 0.102. The van der Waals surface area contributed by atoms with Crippen LogP contribution in [0, 0.1) is 13.8 Å². The van der Waals surface area contributed by atoms with Gasteiger partial charge in [-0.2, -0.15) is 11.8 Å². The van der Waals surface area contributed by atoms with Gasteiger partial charge in [-0.05, 0) is 65.2 Å². The van der Waals surface area contributed by atoms with Gasteiger partial charge in [-0.15, -0.1) is 5.10 Å². The molecule has 1 saturated heterocycles. The van der Waals surface area contributed by atoms with Crippen molar-refractivity contribution in [2.45, 2.75) is 20.4 Å². The molecular formula is C21H24N6OS. The quantitative estimate of drug-likeness (QED) is 0.699. The van der Waals surface area contributed by atoms with Gasteiger partial charge in [-0.3, -0.25) is 9.69 Å². The minimum Gasteiger partial charge on any atom is -0.322 e. The summed E-state index contributed by atoms with van der Waals surface area (Å²) in [6, 6.07) is 11.8. The highest BCUT2D eigenvalue weighted by Gasteiger charge is 2.13. The predicted octanol–water partition coefficient (Wildman–Crippen LogP) is 3.08. The number of nitrogens with zero attached hydrogens (tertiary/aromatic N) is 5. The van der Waals surface area contributed by atoms with E-state index < -0.39 is 0 Å². The van der Waals surface area contributed by atoms with Gasteiger partial charge in [0.15, 0.2) is 0 Å². The minimum atomic E-state index is -0.125. The van der Waals surface area contributed by atoms with E-state index >= 15 is 0 Å². The van der Waals surface area contributed by atoms with Crippen molar-refractivity contribution in [1.29, 1.82) is 0 Å². The molecule has 0 aliphatic carbocycles. The maximum atomic E-state index is 12.7. The van der Waals surface area contributed by atoms with Crippen molar-refractivity contribution >= 4 is 23.4 Å². The number of anilines is 1. The monoisotopic (exact) mass is 408 g/mol. The molecule has 0 saturated carbocycles. The lowest BCUT2D eigenvalue weighted by Gasteiger charge is -2.26. The van der Waals surface area contributed by atoms with E-state index in [1.54, 1.807) is 10.7 Å². The molecule has 0 atom stereocenters. The molecule has 0 unspecified atom stereocenters. The van der Waals surface area contributed by atoms with Crippen molar-refractivity contribution in [2.75, 3.05) is 29.9 Å². The number of benzene rings is 2. The molecule has 2 heterocycles. The Bertz CT molecular complexity index is 998. The first-order valence-corrected chi connectivity index (χ1v) is 10.8. The molecule has 0 bridgehead atoms. The highest BCUT2D eigenvalue weighted by molar-refractivity contribution is 7.99. The molecule has 29 heavy (non-hydrogen) atoms. The lowest BCUT2D eigenvalue weighted by Crippen LogP contribution is -2.31. The molecule has 3 aromatic rings. The summed E-state index contributed by atoms with van der Waals surface area (Å²) in [5.74, 6) is 2.29. The highest BCUT2D eigenvalue weighted by atomic mass is 32.2. The van der Waals surface area contributed by atoms with Crippen molar-refractivity contribution in [3.63, 3.8) is 0 Å². The number of carbonyl (C=O) groups is 1. The van der Waals surface area contributed by atoms with Crippen LogP contribution in [0.25, 0.3) is 5.69 Å². The number of aryl methyl sites for hydroxylation is 2. The van der Waals surface area contributed by atoms with Crippen LogP contribution in [0.1, 0.15) is 27.0 Å². The topological polar surface area (TPSA) is 75.9 Å². The van der Waals surface area contributed by atoms with E-state index in [1.807, 2.05) is 43.8 Å². The normalized spacial score (nSPS) is 14.7. The Morgan fingerprint density at radius 2 is 1.93 bits per heavy atom. The van der Waals surface area contributed by atoms with Gasteiger partial charge in [-0.1, -0.05) is 12.1 Å². The second-order valence-corrected chi connectivity index (χ2v) is 8.47. The molecule has 0 radical (unpaired) electrons. The molecular weight excluding hydrogens is 384 g/mol. The number of hydrogen-bond donors (Lipinski definition) is 1. The van der Waals surface area contributed by atoms with E-state index in [-0.39, 0.29) is 5.91 Å². The largest absolute Gasteiger partial charge is 0.322 e. The van der Waals surface area contributed by atoms with Gasteiger partial charge in [0.2, 0.25) is 0 Å². The standard InChI is InChI=1S/C21H24N6OS/c1-15-11-17(13-26-7-9-29-10-8-26)3-5-19(15)23-21(28)18-4-6-20(16(2)12-18)27-14-22-24-25-27/h3-6,11-12,14H,7-10,13H2,1-2H3,(H,23,28). The summed E-state index contributed by atoms with van der Waals surface area (Å²) in [5, 5.41) is 14.2. The predicted molar refractivity (Wildman–Crippen MR) is 116 cm³/mol. The number of thioether (sulfide) groups is 1. The molecule has 8 heteroatoms. The number of hydrogen-bond acceptors (Lipinski definition) is 6. The number of carbonyl (C=O) groups excluding carboxylic acids is 1. The van der Waals surface area contributed by atoms with Gasteiger partial charge in [0.25, 0.3) is 5.91 Å². The van der Waals surface area contributed by atoms with Gasteiger partial charge in [0, 0.05) is 42.4 Å². The average molecular weight is 409 g/mol. The third-order valence-electron chi connectivity index (χ3n) is 5.10. The summed E-state index contributed by atoms with van der Waals surface area (Å²) in [7, 11) is 0. The van der Waals surface area contributed by atoms with E-state index in [1.165, 1.54) is 23.4 Å². The van der Waals surface area contributed by atoms with Gasteiger partial charge in [0.1, 0.15) is 6.33 Å². The molecule has 4 rings (SSSR count). The molecule has 7 nitrogen and oxygen atoms in total. The van der Waals surface area contributed by atoms with E-state index in [9.17, 15) is 4.79 Å². The first kappa shape index (κ1) is 19.6. The number of aromatic nitrogens is 4. The first-order valence-electron chi connectivity index (χ1n) is 9.65. The van der Waals surface area contributed by atoms with Gasteiger partial charge in [-0.25, -0.2) is 4.68 Å². The third kappa shape index (κ3) is 4.65. The molecule has 1 aliphatic rings. The van der Waals surface area contributed by atoms with Gasteiger partial charge < -0.3 is 5.32 Å². The average Bonchev–Trinajstić information content (AvgIpc) is 3.25. The Hall–Kier alpha value is -2.71. The Balaban J connectivity index is 1.44. The van der Waals surface area contributed by atoms with Crippen molar-refractivity contribution in [3.8, 4) is 5.69 Å². The molecule has 1 fully saturated rings. The summed E-state index contributed by atoms with van der Waals surface area (Å²) in [5.41, 5.74) is 5.59. The van der Waals surface area contributed by atoms with Crippen LogP contribution in [-0.2, 0) is 6.54 Å². The molecule has 150 valence electrons. The second kappa shape index (κ2) is 8.75. The molecule has 0 spiro atoms. The summed E-state index contributed by atoms with van der Waals surface area (Å²) in [6.45, 7) is 7.22. The smallest absolute Gasteiger partial charge is 0.255 e. The van der Waals surface area contributed by atoms with Crippen LogP contribution in [0.15, 0.2) is 42.7 Å². The minimum absolute atomic E-state index is 0.125. The number of nitrogens with one attached hydrogen (secondary N) is 1.